The van der Waals surface area contributed by atoms with E-state index in [9.17, 15) is 10.1 Å². The van der Waals surface area contributed by atoms with E-state index >= 15 is 0 Å². The highest BCUT2D eigenvalue weighted by atomic mass is 16.1. The summed E-state index contributed by atoms with van der Waals surface area (Å²) in [6.45, 7) is 8.92. The van der Waals surface area contributed by atoms with Crippen molar-refractivity contribution in [3.8, 4) is 6.07 Å². The van der Waals surface area contributed by atoms with Crippen LogP contribution in [0.5, 0.6) is 0 Å². The third-order valence-electron chi connectivity index (χ3n) is 6.02. The molecule has 0 N–H and O–H groups in total. The molecule has 0 fully saturated rings. The molecule has 0 aliphatic carbocycles. The zero-order valence-electron chi connectivity index (χ0n) is 17.7. The van der Waals surface area contributed by atoms with Crippen molar-refractivity contribution in [1.82, 2.24) is 4.90 Å². The molecule has 0 saturated carbocycles. The first-order valence-electron chi connectivity index (χ1n) is 10.1. The molecule has 1 unspecified atom stereocenters. The molecule has 0 radical (unpaired) electrons. The molecule has 2 aromatic carbocycles. The fourth-order valence-electron chi connectivity index (χ4n) is 4.14. The molecule has 0 aromatic heterocycles. The average Bonchev–Trinajstić information content (AvgIpc) is 2.73. The Morgan fingerprint density at radius 2 is 1.72 bits per heavy atom. The lowest BCUT2D eigenvalue weighted by atomic mass is 9.80. The lowest BCUT2D eigenvalue weighted by molar-refractivity contribution is -0.105. The van der Waals surface area contributed by atoms with Crippen LogP contribution >= 0.6 is 0 Å². The molecule has 1 aliphatic rings. The molecule has 1 atom stereocenters. The van der Waals surface area contributed by atoms with Gasteiger partial charge >= 0.3 is 0 Å². The van der Waals surface area contributed by atoms with E-state index in [-0.39, 0.29) is 5.92 Å². The van der Waals surface area contributed by atoms with Gasteiger partial charge in [-0.05, 0) is 62.8 Å². The maximum atomic E-state index is 12.1. The van der Waals surface area contributed by atoms with E-state index in [1.807, 2.05) is 26.0 Å². The summed E-state index contributed by atoms with van der Waals surface area (Å²) >= 11 is 0. The number of allylic oxidation sites excluding steroid dienone is 4. The van der Waals surface area contributed by atoms with Crippen LogP contribution in [-0.2, 0) is 11.2 Å². The molecule has 148 valence electrons. The molecule has 0 saturated heterocycles. The number of nitriles is 1. The van der Waals surface area contributed by atoms with Gasteiger partial charge in [-0.3, -0.25) is 4.79 Å². The predicted octanol–water partition coefficient (Wildman–Crippen LogP) is 5.61. The van der Waals surface area contributed by atoms with Crippen LogP contribution in [0.4, 0.5) is 0 Å². The Balaban J connectivity index is 1.92. The number of hydrogen-bond acceptors (Lipinski definition) is 3. The maximum Gasteiger partial charge on any atom is 0.148 e. The predicted molar refractivity (Wildman–Crippen MR) is 117 cm³/mol. The van der Waals surface area contributed by atoms with E-state index in [0.717, 1.165) is 42.6 Å². The summed E-state index contributed by atoms with van der Waals surface area (Å²) in [5, 5.41) is 9.96. The number of aryl methyl sites for hydroxylation is 3. The Bertz CT molecular complexity index is 1010. The minimum Gasteiger partial charge on any atom is -0.348 e. The van der Waals surface area contributed by atoms with Gasteiger partial charge in [0.25, 0.3) is 0 Å². The number of nitrogens with zero attached hydrogens (tertiary/aromatic N) is 2. The van der Waals surface area contributed by atoms with Gasteiger partial charge in [0, 0.05) is 23.5 Å². The van der Waals surface area contributed by atoms with Crippen molar-refractivity contribution in [2.24, 2.45) is 0 Å². The van der Waals surface area contributed by atoms with Crippen LogP contribution in [0.25, 0.3) is 0 Å². The van der Waals surface area contributed by atoms with Gasteiger partial charge in [0.2, 0.25) is 0 Å². The van der Waals surface area contributed by atoms with Crippen molar-refractivity contribution >= 4 is 6.29 Å². The Morgan fingerprint density at radius 3 is 2.34 bits per heavy atom. The molecule has 3 rings (SSSR count). The lowest BCUT2D eigenvalue weighted by Gasteiger charge is -2.36. The Morgan fingerprint density at radius 1 is 1.00 bits per heavy atom. The standard InChI is InChI=1S/C26H28N2O/c1-18-12-13-23(15-19(18)2)26-24(16-27)20(3)28(21(4)25(26)17-29)14-8-11-22-9-6-5-7-10-22/h5-7,9-10,12-13,15,17,26H,8,11,14H2,1-4H3. The van der Waals surface area contributed by atoms with E-state index < -0.39 is 0 Å². The number of rotatable bonds is 6. The first-order chi connectivity index (χ1) is 14.0. The fourth-order valence-corrected chi connectivity index (χ4v) is 4.14. The van der Waals surface area contributed by atoms with Gasteiger partial charge in [-0.25, -0.2) is 0 Å². The van der Waals surface area contributed by atoms with Crippen LogP contribution in [0.3, 0.4) is 0 Å². The molecule has 1 aliphatic heterocycles. The largest absolute Gasteiger partial charge is 0.348 e. The van der Waals surface area contributed by atoms with E-state index in [4.69, 9.17) is 0 Å². The Labute approximate surface area is 174 Å². The second-order valence-corrected chi connectivity index (χ2v) is 7.79. The molecule has 2 aromatic rings. The zero-order chi connectivity index (χ0) is 21.0. The third-order valence-corrected chi connectivity index (χ3v) is 6.02. The van der Waals surface area contributed by atoms with Gasteiger partial charge in [-0.15, -0.1) is 0 Å². The summed E-state index contributed by atoms with van der Waals surface area (Å²) in [5.74, 6) is -0.290. The molecular formula is C26H28N2O. The maximum absolute atomic E-state index is 12.1. The minimum absolute atomic E-state index is 0.290. The van der Waals surface area contributed by atoms with Gasteiger partial charge in [-0.2, -0.15) is 5.26 Å². The van der Waals surface area contributed by atoms with Crippen LogP contribution in [0, 0.1) is 25.2 Å². The normalized spacial score (nSPS) is 16.8. The zero-order valence-corrected chi connectivity index (χ0v) is 17.7. The number of hydrogen-bond donors (Lipinski definition) is 0. The van der Waals surface area contributed by atoms with Gasteiger partial charge in [0.15, 0.2) is 0 Å². The molecule has 0 bridgehead atoms. The number of aldehydes is 1. The second kappa shape index (κ2) is 8.92. The SMILES string of the molecule is CC1=C(C#N)C(c2ccc(C)c(C)c2)C(C=O)=C(C)N1CCCc1ccccc1. The first-order valence-corrected chi connectivity index (χ1v) is 10.1. The summed E-state index contributed by atoms with van der Waals surface area (Å²) in [7, 11) is 0. The van der Waals surface area contributed by atoms with Crippen LogP contribution in [0.2, 0.25) is 0 Å². The van der Waals surface area contributed by atoms with Crippen molar-refractivity contribution in [1.29, 1.82) is 5.26 Å². The molecule has 29 heavy (non-hydrogen) atoms. The number of carbonyl (C=O) groups is 1. The molecule has 0 spiro atoms. The van der Waals surface area contributed by atoms with E-state index in [2.05, 4.69) is 61.2 Å². The highest BCUT2D eigenvalue weighted by molar-refractivity contribution is 5.80. The van der Waals surface area contributed by atoms with Crippen molar-refractivity contribution in [3.63, 3.8) is 0 Å². The summed E-state index contributed by atoms with van der Waals surface area (Å²) in [6.07, 6.45) is 2.86. The molecule has 3 heteroatoms. The molecular weight excluding hydrogens is 356 g/mol. The minimum atomic E-state index is -0.290. The van der Waals surface area contributed by atoms with Crippen LogP contribution in [-0.4, -0.2) is 17.7 Å². The number of carbonyl (C=O) groups excluding carboxylic acids is 1. The molecule has 0 amide bonds. The Hall–Kier alpha value is -3.12. The Kier molecular flexibility index (Phi) is 6.34. The molecule has 3 nitrogen and oxygen atoms in total. The first kappa shape index (κ1) is 20.6. The lowest BCUT2D eigenvalue weighted by Crippen LogP contribution is -2.30. The van der Waals surface area contributed by atoms with Gasteiger partial charge in [-0.1, -0.05) is 48.5 Å². The monoisotopic (exact) mass is 384 g/mol. The summed E-state index contributed by atoms with van der Waals surface area (Å²) in [4.78, 5) is 14.2. The molecule has 1 heterocycles. The highest BCUT2D eigenvalue weighted by Crippen LogP contribution is 2.41. The van der Waals surface area contributed by atoms with Gasteiger partial charge in [0.1, 0.15) is 6.29 Å². The summed E-state index contributed by atoms with van der Waals surface area (Å²) < 4.78 is 0. The van der Waals surface area contributed by atoms with E-state index in [0.29, 0.717) is 11.1 Å². The van der Waals surface area contributed by atoms with Crippen LogP contribution in [0.1, 0.15) is 48.4 Å². The van der Waals surface area contributed by atoms with Gasteiger partial charge < -0.3 is 4.90 Å². The third kappa shape index (κ3) is 4.17. The van der Waals surface area contributed by atoms with Crippen molar-refractivity contribution < 1.29 is 4.79 Å². The van der Waals surface area contributed by atoms with E-state index in [1.165, 1.54) is 16.7 Å². The van der Waals surface area contributed by atoms with Crippen LogP contribution < -0.4 is 0 Å². The quantitative estimate of drug-likeness (QED) is 0.608. The fraction of sp³-hybridized carbons (Fsp3) is 0.308. The second-order valence-electron chi connectivity index (χ2n) is 7.79. The van der Waals surface area contributed by atoms with Gasteiger partial charge in [0.05, 0.1) is 17.6 Å². The van der Waals surface area contributed by atoms with Crippen molar-refractivity contribution in [2.45, 2.75) is 46.5 Å². The van der Waals surface area contributed by atoms with Crippen molar-refractivity contribution in [2.75, 3.05) is 6.54 Å². The number of benzene rings is 2. The topological polar surface area (TPSA) is 44.1 Å². The summed E-state index contributed by atoms with van der Waals surface area (Å²) in [6, 6.07) is 19.0. The highest BCUT2D eigenvalue weighted by Gasteiger charge is 2.32. The van der Waals surface area contributed by atoms with Crippen LogP contribution in [0.15, 0.2) is 71.1 Å². The van der Waals surface area contributed by atoms with E-state index in [1.54, 1.807) is 0 Å². The average molecular weight is 385 g/mol. The summed E-state index contributed by atoms with van der Waals surface area (Å²) in [5.41, 5.74) is 7.95. The smallest absolute Gasteiger partial charge is 0.148 e. The van der Waals surface area contributed by atoms with Crippen molar-refractivity contribution in [3.05, 3.63) is 93.3 Å².